The normalized spacial score (nSPS) is 10.8. The number of aryl methyl sites for hydroxylation is 1. The van der Waals surface area contributed by atoms with Gasteiger partial charge in [0.2, 0.25) is 23.8 Å². The van der Waals surface area contributed by atoms with E-state index in [2.05, 4.69) is 41.2 Å². The van der Waals surface area contributed by atoms with Gasteiger partial charge in [0.25, 0.3) is 0 Å². The van der Waals surface area contributed by atoms with Gasteiger partial charge in [0.15, 0.2) is 0 Å². The van der Waals surface area contributed by atoms with Crippen LogP contribution in [0.2, 0.25) is 0 Å². The number of imidazole rings is 1. The molecule has 3 aromatic rings. The molecule has 1 aromatic carbocycles. The third-order valence-corrected chi connectivity index (χ3v) is 5.24. The zero-order chi connectivity index (χ0) is 27.5. The second kappa shape index (κ2) is 17.6. The van der Waals surface area contributed by atoms with E-state index in [0.717, 1.165) is 24.2 Å². The molecule has 0 atom stereocenters. The SMILES string of the molecule is NCCOCCOCCNC(=O)Cc1ccc(Nc2nc(NCCO)nc(NCCCn3ccnc3)n2)cc1. The summed E-state index contributed by atoms with van der Waals surface area (Å²) in [6, 6.07) is 7.45. The number of carbonyl (C=O) groups is 1. The number of aromatic nitrogens is 5. The highest BCUT2D eigenvalue weighted by molar-refractivity contribution is 5.78. The monoisotopic (exact) mass is 542 g/mol. The first-order valence-electron chi connectivity index (χ1n) is 12.9. The van der Waals surface area contributed by atoms with Gasteiger partial charge in [-0.1, -0.05) is 12.1 Å². The van der Waals surface area contributed by atoms with Crippen molar-refractivity contribution in [3.05, 3.63) is 48.5 Å². The first-order valence-corrected chi connectivity index (χ1v) is 12.9. The summed E-state index contributed by atoms with van der Waals surface area (Å²) in [5.41, 5.74) is 6.98. The van der Waals surface area contributed by atoms with Crippen LogP contribution in [0, 0.1) is 0 Å². The van der Waals surface area contributed by atoms with E-state index in [0.29, 0.717) is 70.5 Å². The Kier molecular flexibility index (Phi) is 13.4. The molecule has 0 bridgehead atoms. The standard InChI is InChI=1S/C25H38N10O4/c26-6-14-38-16-17-39-15-10-28-22(37)18-20-2-4-21(5-3-20)31-25-33-23(32-24(34-25)30-9-13-36)29-7-1-11-35-12-8-27-19-35/h2-5,8,12,19,36H,1,6-7,9-11,13-18,26H2,(H,28,37)(H3,29,30,31,32,33,34). The molecule has 0 aliphatic heterocycles. The minimum Gasteiger partial charge on any atom is -0.395 e. The number of ether oxygens (including phenoxy) is 2. The summed E-state index contributed by atoms with van der Waals surface area (Å²) < 4.78 is 12.6. The zero-order valence-corrected chi connectivity index (χ0v) is 22.0. The quantitative estimate of drug-likeness (QED) is 0.108. The van der Waals surface area contributed by atoms with Crippen molar-refractivity contribution in [2.24, 2.45) is 5.73 Å². The van der Waals surface area contributed by atoms with Crippen LogP contribution in [-0.2, 0) is 27.2 Å². The summed E-state index contributed by atoms with van der Waals surface area (Å²) in [7, 11) is 0. The fourth-order valence-corrected chi connectivity index (χ4v) is 3.39. The maximum absolute atomic E-state index is 12.2. The van der Waals surface area contributed by atoms with Crippen LogP contribution in [0.15, 0.2) is 43.0 Å². The second-order valence-electron chi connectivity index (χ2n) is 8.40. The summed E-state index contributed by atoms with van der Waals surface area (Å²) in [6.45, 7) is 4.56. The molecule has 39 heavy (non-hydrogen) atoms. The molecule has 0 saturated heterocycles. The van der Waals surface area contributed by atoms with Crippen LogP contribution in [-0.4, -0.2) is 94.7 Å². The van der Waals surface area contributed by atoms with Gasteiger partial charge >= 0.3 is 0 Å². The smallest absolute Gasteiger partial charge is 0.233 e. The van der Waals surface area contributed by atoms with E-state index < -0.39 is 0 Å². The number of nitrogens with zero attached hydrogens (tertiary/aromatic N) is 5. The topological polar surface area (TPSA) is 186 Å². The highest BCUT2D eigenvalue weighted by Gasteiger charge is 2.08. The Morgan fingerprint density at radius 2 is 1.64 bits per heavy atom. The second-order valence-corrected chi connectivity index (χ2v) is 8.40. The number of hydrogen-bond acceptors (Lipinski definition) is 12. The summed E-state index contributed by atoms with van der Waals surface area (Å²) in [5, 5.41) is 21.3. The Bertz CT molecular complexity index is 1080. The molecule has 14 nitrogen and oxygen atoms in total. The Hall–Kier alpha value is -3.85. The minimum atomic E-state index is -0.0838. The van der Waals surface area contributed by atoms with Crippen molar-refractivity contribution < 1.29 is 19.4 Å². The summed E-state index contributed by atoms with van der Waals surface area (Å²) >= 11 is 0. The number of amides is 1. The molecule has 0 aliphatic rings. The molecule has 0 saturated carbocycles. The lowest BCUT2D eigenvalue weighted by molar-refractivity contribution is -0.120. The van der Waals surface area contributed by atoms with Gasteiger partial charge in [-0.25, -0.2) is 4.98 Å². The highest BCUT2D eigenvalue weighted by atomic mass is 16.5. The number of hydrogen-bond donors (Lipinski definition) is 6. The number of nitrogens with one attached hydrogen (secondary N) is 4. The van der Waals surface area contributed by atoms with E-state index in [1.807, 2.05) is 35.0 Å². The van der Waals surface area contributed by atoms with Crippen molar-refractivity contribution in [2.75, 3.05) is 75.2 Å². The molecule has 7 N–H and O–H groups in total. The summed E-state index contributed by atoms with van der Waals surface area (Å²) in [4.78, 5) is 29.5. The van der Waals surface area contributed by atoms with Gasteiger partial charge in [0.05, 0.1) is 45.8 Å². The average molecular weight is 543 g/mol. The molecule has 0 aliphatic carbocycles. The van der Waals surface area contributed by atoms with Crippen LogP contribution in [0.1, 0.15) is 12.0 Å². The van der Waals surface area contributed by atoms with Crippen LogP contribution in [0.3, 0.4) is 0 Å². The molecular weight excluding hydrogens is 504 g/mol. The molecule has 1 amide bonds. The lowest BCUT2D eigenvalue weighted by Gasteiger charge is -2.11. The molecule has 0 radical (unpaired) electrons. The third kappa shape index (κ3) is 12.0. The summed E-state index contributed by atoms with van der Waals surface area (Å²) in [6.07, 6.45) is 6.56. The number of carbonyl (C=O) groups excluding carboxylic acids is 1. The van der Waals surface area contributed by atoms with Crippen LogP contribution >= 0.6 is 0 Å². The summed E-state index contributed by atoms with van der Waals surface area (Å²) in [5.74, 6) is 1.03. The lowest BCUT2D eigenvalue weighted by Crippen LogP contribution is -2.29. The number of aliphatic hydroxyl groups is 1. The molecule has 0 unspecified atom stereocenters. The average Bonchev–Trinajstić information content (AvgIpc) is 3.46. The molecule has 2 aromatic heterocycles. The van der Waals surface area contributed by atoms with Gasteiger partial charge in [-0.2, -0.15) is 15.0 Å². The van der Waals surface area contributed by atoms with Crippen LogP contribution in [0.5, 0.6) is 0 Å². The van der Waals surface area contributed by atoms with Crippen molar-refractivity contribution in [3.8, 4) is 0 Å². The molecule has 0 fully saturated rings. The van der Waals surface area contributed by atoms with E-state index in [1.54, 1.807) is 12.5 Å². The Morgan fingerprint density at radius 3 is 2.33 bits per heavy atom. The van der Waals surface area contributed by atoms with E-state index in [9.17, 15) is 4.79 Å². The molecule has 2 heterocycles. The molecular formula is C25H38N10O4. The fourth-order valence-electron chi connectivity index (χ4n) is 3.39. The van der Waals surface area contributed by atoms with Gasteiger partial charge in [-0.15, -0.1) is 0 Å². The van der Waals surface area contributed by atoms with E-state index in [4.69, 9.17) is 20.3 Å². The largest absolute Gasteiger partial charge is 0.395 e. The van der Waals surface area contributed by atoms with Crippen LogP contribution < -0.4 is 27.0 Å². The van der Waals surface area contributed by atoms with E-state index in [1.165, 1.54) is 0 Å². The first kappa shape index (κ1) is 29.7. The molecule has 212 valence electrons. The van der Waals surface area contributed by atoms with Crippen molar-refractivity contribution in [1.82, 2.24) is 29.8 Å². The predicted octanol–water partition coefficient (Wildman–Crippen LogP) is 0.369. The minimum absolute atomic E-state index is 0.0472. The van der Waals surface area contributed by atoms with Gasteiger partial charge in [-0.3, -0.25) is 4.79 Å². The maximum atomic E-state index is 12.2. The number of anilines is 4. The first-order chi connectivity index (χ1) is 19.2. The number of benzene rings is 1. The van der Waals surface area contributed by atoms with Crippen molar-refractivity contribution in [3.63, 3.8) is 0 Å². The van der Waals surface area contributed by atoms with Crippen LogP contribution in [0.4, 0.5) is 23.5 Å². The van der Waals surface area contributed by atoms with E-state index in [-0.39, 0.29) is 18.9 Å². The van der Waals surface area contributed by atoms with Gasteiger partial charge in [0, 0.05) is 50.8 Å². The van der Waals surface area contributed by atoms with Gasteiger partial charge in [0.1, 0.15) is 0 Å². The molecule has 14 heteroatoms. The Morgan fingerprint density at radius 1 is 0.923 bits per heavy atom. The predicted molar refractivity (Wildman–Crippen MR) is 148 cm³/mol. The van der Waals surface area contributed by atoms with Gasteiger partial charge < -0.3 is 46.1 Å². The third-order valence-electron chi connectivity index (χ3n) is 5.24. The van der Waals surface area contributed by atoms with Crippen LogP contribution in [0.25, 0.3) is 0 Å². The van der Waals surface area contributed by atoms with E-state index >= 15 is 0 Å². The van der Waals surface area contributed by atoms with Crippen molar-refractivity contribution >= 4 is 29.4 Å². The molecule has 3 rings (SSSR count). The number of aliphatic hydroxyl groups excluding tert-OH is 1. The number of rotatable bonds is 20. The van der Waals surface area contributed by atoms with Crippen molar-refractivity contribution in [1.29, 1.82) is 0 Å². The Labute approximate surface area is 227 Å². The maximum Gasteiger partial charge on any atom is 0.233 e. The molecule has 0 spiro atoms. The lowest BCUT2D eigenvalue weighted by atomic mass is 10.1. The fraction of sp³-hybridized carbons (Fsp3) is 0.480. The Balaban J connectivity index is 1.45. The van der Waals surface area contributed by atoms with Gasteiger partial charge in [-0.05, 0) is 24.1 Å². The highest BCUT2D eigenvalue weighted by Crippen LogP contribution is 2.17. The van der Waals surface area contributed by atoms with Crippen molar-refractivity contribution in [2.45, 2.75) is 19.4 Å². The zero-order valence-electron chi connectivity index (χ0n) is 22.0. The number of nitrogens with two attached hydrogens (primary N) is 1.